The maximum absolute atomic E-state index is 12.9. The van der Waals surface area contributed by atoms with Gasteiger partial charge in [0.15, 0.2) is 0 Å². The smallest absolute Gasteiger partial charge is 0.243 e. The van der Waals surface area contributed by atoms with Gasteiger partial charge in [-0.1, -0.05) is 48.5 Å². The molecule has 0 radical (unpaired) electrons. The average Bonchev–Trinajstić information content (AvgIpc) is 2.77. The van der Waals surface area contributed by atoms with Crippen LogP contribution in [-0.4, -0.2) is 24.9 Å². The van der Waals surface area contributed by atoms with Gasteiger partial charge >= 0.3 is 0 Å². The molecule has 0 aliphatic carbocycles. The highest BCUT2D eigenvalue weighted by Crippen LogP contribution is 2.23. The number of amides is 2. The Bertz CT molecular complexity index is 1040. The van der Waals surface area contributed by atoms with E-state index in [1.807, 2.05) is 30.3 Å². The number of rotatable bonds is 8. The summed E-state index contributed by atoms with van der Waals surface area (Å²) >= 11 is 0. The van der Waals surface area contributed by atoms with Gasteiger partial charge in [0.25, 0.3) is 0 Å². The molecular weight excluding hydrogens is 393 g/mol. The third-order valence-electron chi connectivity index (χ3n) is 5.04. The third kappa shape index (κ3) is 6.49. The first kappa shape index (κ1) is 22.2. The average molecular weight is 420 g/mol. The fraction of sp³-hybridized carbons (Fsp3) is 0.200. The van der Waals surface area contributed by atoms with E-state index in [2.05, 4.69) is 48.0 Å². The van der Waals surface area contributed by atoms with Crippen molar-refractivity contribution in [1.82, 2.24) is 10.6 Å². The summed E-state index contributed by atoms with van der Waals surface area (Å²) in [4.78, 5) is 24.3. The Labute approximate surface area is 181 Å². The predicted molar refractivity (Wildman–Crippen MR) is 120 cm³/mol. The quantitative estimate of drug-likeness (QED) is 0.519. The summed E-state index contributed by atoms with van der Waals surface area (Å²) in [6, 6.07) is 21.4. The summed E-state index contributed by atoms with van der Waals surface area (Å²) in [6.07, 6.45) is 0. The number of benzene rings is 3. The Hall–Kier alpha value is -3.51. The fourth-order valence-corrected chi connectivity index (χ4v) is 3.19. The van der Waals surface area contributed by atoms with Gasteiger partial charge in [0.1, 0.15) is 5.82 Å². The molecule has 0 saturated heterocycles. The fourth-order valence-electron chi connectivity index (χ4n) is 3.19. The van der Waals surface area contributed by atoms with E-state index < -0.39 is 0 Å². The van der Waals surface area contributed by atoms with Crippen molar-refractivity contribution in [3.63, 3.8) is 0 Å². The van der Waals surface area contributed by atoms with Gasteiger partial charge < -0.3 is 10.6 Å². The second-order valence-electron chi connectivity index (χ2n) is 7.40. The zero-order valence-corrected chi connectivity index (χ0v) is 17.6. The van der Waals surface area contributed by atoms with E-state index in [9.17, 15) is 14.0 Å². The number of hydrogen-bond donors (Lipinski definition) is 3. The van der Waals surface area contributed by atoms with Crippen LogP contribution in [0.5, 0.6) is 0 Å². The molecule has 0 saturated carbocycles. The maximum atomic E-state index is 12.9. The summed E-state index contributed by atoms with van der Waals surface area (Å²) in [6.45, 7) is 4.01. The lowest BCUT2D eigenvalue weighted by Gasteiger charge is -2.20. The van der Waals surface area contributed by atoms with Crippen LogP contribution < -0.4 is 16.0 Å². The first-order valence-electron chi connectivity index (χ1n) is 10.1. The molecule has 3 aromatic carbocycles. The van der Waals surface area contributed by atoms with Crippen LogP contribution in [0.2, 0.25) is 0 Å². The summed E-state index contributed by atoms with van der Waals surface area (Å²) in [5.74, 6) is -1.05. The highest BCUT2D eigenvalue weighted by molar-refractivity contribution is 5.94. The maximum Gasteiger partial charge on any atom is 0.243 e. The van der Waals surface area contributed by atoms with Gasteiger partial charge in [-0.2, -0.15) is 0 Å². The van der Waals surface area contributed by atoms with Crippen molar-refractivity contribution in [1.29, 1.82) is 0 Å². The molecule has 0 aliphatic rings. The monoisotopic (exact) mass is 419 g/mol. The van der Waals surface area contributed by atoms with Gasteiger partial charge in [-0.3, -0.25) is 14.9 Å². The van der Waals surface area contributed by atoms with Crippen LogP contribution in [0.4, 0.5) is 10.1 Å². The summed E-state index contributed by atoms with van der Waals surface area (Å²) in [5.41, 5.74) is 4.98. The van der Waals surface area contributed by atoms with E-state index in [0.717, 1.165) is 11.1 Å². The molecule has 1 unspecified atom stereocenters. The van der Waals surface area contributed by atoms with Crippen molar-refractivity contribution in [3.05, 3.63) is 101 Å². The summed E-state index contributed by atoms with van der Waals surface area (Å²) in [7, 11) is 0. The van der Waals surface area contributed by atoms with Gasteiger partial charge in [-0.05, 0) is 60.4 Å². The predicted octanol–water partition coefficient (Wildman–Crippen LogP) is 3.88. The minimum atomic E-state index is -0.381. The van der Waals surface area contributed by atoms with E-state index in [1.54, 1.807) is 0 Å². The van der Waals surface area contributed by atoms with Gasteiger partial charge in [-0.25, -0.2) is 4.39 Å². The lowest BCUT2D eigenvalue weighted by Crippen LogP contribution is -2.39. The molecule has 0 heterocycles. The standard InChI is InChI=1S/C25H26FN3O2/c1-17-8-9-20(14-18(17)2)25(19-6-4-3-5-7-19)28-15-23(30)27-16-24(31)29-22-12-10-21(26)11-13-22/h3-14,25,28H,15-16H2,1-2H3,(H,27,30)(H,29,31). The van der Waals surface area contributed by atoms with Crippen LogP contribution in [0.25, 0.3) is 0 Å². The Morgan fingerprint density at radius 1 is 0.806 bits per heavy atom. The Morgan fingerprint density at radius 2 is 1.52 bits per heavy atom. The molecule has 3 rings (SSSR count). The van der Waals surface area contributed by atoms with Crippen LogP contribution in [0.3, 0.4) is 0 Å². The molecule has 2 amide bonds. The second kappa shape index (κ2) is 10.5. The van der Waals surface area contributed by atoms with Crippen molar-refractivity contribution in [3.8, 4) is 0 Å². The molecule has 0 bridgehead atoms. The van der Waals surface area contributed by atoms with Crippen LogP contribution >= 0.6 is 0 Å². The first-order valence-corrected chi connectivity index (χ1v) is 10.1. The van der Waals surface area contributed by atoms with Crippen LogP contribution in [0.1, 0.15) is 28.3 Å². The summed E-state index contributed by atoms with van der Waals surface area (Å²) < 4.78 is 12.9. The molecular formula is C25H26FN3O2. The minimum absolute atomic E-state index is 0.0519. The molecule has 0 fully saturated rings. The number of anilines is 1. The van der Waals surface area contributed by atoms with Crippen LogP contribution in [0.15, 0.2) is 72.8 Å². The zero-order chi connectivity index (χ0) is 22.2. The lowest BCUT2D eigenvalue weighted by atomic mass is 9.95. The topological polar surface area (TPSA) is 70.2 Å². The highest BCUT2D eigenvalue weighted by atomic mass is 19.1. The molecule has 160 valence electrons. The van der Waals surface area contributed by atoms with E-state index in [1.165, 1.54) is 35.4 Å². The number of halogens is 1. The van der Waals surface area contributed by atoms with E-state index in [0.29, 0.717) is 5.69 Å². The largest absolute Gasteiger partial charge is 0.346 e. The number of nitrogens with one attached hydrogen (secondary N) is 3. The SMILES string of the molecule is Cc1ccc(C(NCC(=O)NCC(=O)Nc2ccc(F)cc2)c2ccccc2)cc1C. The Kier molecular flexibility index (Phi) is 7.51. The molecule has 1 atom stereocenters. The van der Waals surface area contributed by atoms with Gasteiger partial charge in [-0.15, -0.1) is 0 Å². The number of aryl methyl sites for hydroxylation is 2. The second-order valence-corrected chi connectivity index (χ2v) is 7.40. The lowest BCUT2D eigenvalue weighted by molar-refractivity contribution is -0.123. The van der Waals surface area contributed by atoms with Crippen molar-refractivity contribution < 1.29 is 14.0 Å². The number of carbonyl (C=O) groups excluding carboxylic acids is 2. The Balaban J connectivity index is 1.58. The molecule has 6 heteroatoms. The van der Waals surface area contributed by atoms with Gasteiger partial charge in [0.05, 0.1) is 19.1 Å². The molecule has 5 nitrogen and oxygen atoms in total. The van der Waals surface area contributed by atoms with Gasteiger partial charge in [0.2, 0.25) is 11.8 Å². The number of hydrogen-bond acceptors (Lipinski definition) is 3. The molecule has 3 N–H and O–H groups in total. The minimum Gasteiger partial charge on any atom is -0.346 e. The van der Waals surface area contributed by atoms with Crippen molar-refractivity contribution >= 4 is 17.5 Å². The van der Waals surface area contributed by atoms with E-state index in [-0.39, 0.29) is 36.8 Å². The van der Waals surface area contributed by atoms with Crippen molar-refractivity contribution in [2.75, 3.05) is 18.4 Å². The number of carbonyl (C=O) groups is 2. The van der Waals surface area contributed by atoms with Crippen molar-refractivity contribution in [2.45, 2.75) is 19.9 Å². The van der Waals surface area contributed by atoms with E-state index in [4.69, 9.17) is 0 Å². The normalized spacial score (nSPS) is 11.6. The molecule has 31 heavy (non-hydrogen) atoms. The molecule has 3 aromatic rings. The van der Waals surface area contributed by atoms with Crippen LogP contribution in [0, 0.1) is 19.7 Å². The first-order chi connectivity index (χ1) is 14.9. The van der Waals surface area contributed by atoms with Crippen LogP contribution in [-0.2, 0) is 9.59 Å². The molecule has 0 aromatic heterocycles. The Morgan fingerprint density at radius 3 is 2.19 bits per heavy atom. The zero-order valence-electron chi connectivity index (χ0n) is 17.6. The molecule has 0 spiro atoms. The highest BCUT2D eigenvalue weighted by Gasteiger charge is 2.16. The van der Waals surface area contributed by atoms with E-state index >= 15 is 0 Å². The summed E-state index contributed by atoms with van der Waals surface area (Å²) in [5, 5.41) is 8.51. The van der Waals surface area contributed by atoms with Crippen molar-refractivity contribution in [2.24, 2.45) is 0 Å². The molecule has 0 aliphatic heterocycles. The van der Waals surface area contributed by atoms with Gasteiger partial charge in [0, 0.05) is 5.69 Å². The third-order valence-corrected chi connectivity index (χ3v) is 5.04.